The van der Waals surface area contributed by atoms with Crippen LogP contribution in [0.1, 0.15) is 75.3 Å². The van der Waals surface area contributed by atoms with Gasteiger partial charge in [0.25, 0.3) is 0 Å². The van der Waals surface area contributed by atoms with E-state index < -0.39 is 5.00 Å². The van der Waals surface area contributed by atoms with E-state index in [1.165, 1.54) is 56.9 Å². The van der Waals surface area contributed by atoms with Gasteiger partial charge in [-0.1, -0.05) is 68.5 Å². The molecule has 0 saturated heterocycles. The van der Waals surface area contributed by atoms with E-state index in [0.717, 1.165) is 11.5 Å². The maximum Gasteiger partial charge on any atom is 0.157 e. The van der Waals surface area contributed by atoms with Crippen LogP contribution in [-0.4, -0.2) is 5.11 Å². The number of rotatable bonds is 6. The first-order valence-electron chi connectivity index (χ1n) is 9.76. The number of dihydropyridines is 1. The second-order valence-corrected chi connectivity index (χ2v) is 8.19. The van der Waals surface area contributed by atoms with Gasteiger partial charge in [-0.05, 0) is 60.8 Å². The topological polar surface area (TPSA) is 32.3 Å². The van der Waals surface area contributed by atoms with Crippen LogP contribution >= 0.6 is 11.6 Å². The Bertz CT molecular complexity index is 613. The van der Waals surface area contributed by atoms with E-state index >= 15 is 0 Å². The summed E-state index contributed by atoms with van der Waals surface area (Å²) in [6.07, 6.45) is 15.9. The Morgan fingerprint density at radius 3 is 2.44 bits per heavy atom. The molecule has 2 nitrogen and oxygen atoms in total. The first-order chi connectivity index (χ1) is 12.1. The van der Waals surface area contributed by atoms with Gasteiger partial charge in [0.2, 0.25) is 0 Å². The largest absolute Gasteiger partial charge is 0.506 e. The lowest BCUT2D eigenvalue weighted by atomic mass is 9.77. The molecular weight excluding hydrogens is 330 g/mol. The molecule has 1 saturated carbocycles. The van der Waals surface area contributed by atoms with E-state index in [2.05, 4.69) is 36.5 Å². The van der Waals surface area contributed by atoms with Crippen LogP contribution in [0.5, 0.6) is 0 Å². The minimum absolute atomic E-state index is 0.198. The van der Waals surface area contributed by atoms with Gasteiger partial charge in [-0.3, -0.25) is 0 Å². The Kier molecular flexibility index (Phi) is 6.11. The van der Waals surface area contributed by atoms with E-state index in [4.69, 9.17) is 11.6 Å². The lowest BCUT2D eigenvalue weighted by Gasteiger charge is -2.30. The fourth-order valence-electron chi connectivity index (χ4n) is 4.12. The number of hydrogen-bond acceptors (Lipinski definition) is 2. The van der Waals surface area contributed by atoms with Crippen LogP contribution in [0.25, 0.3) is 0 Å². The number of aliphatic hydroxyl groups is 1. The maximum absolute atomic E-state index is 9.45. The van der Waals surface area contributed by atoms with Crippen LogP contribution in [0.15, 0.2) is 48.4 Å². The normalized spacial score (nSPS) is 29.1. The maximum atomic E-state index is 9.45. The van der Waals surface area contributed by atoms with Crippen molar-refractivity contribution in [2.45, 2.75) is 69.2 Å². The second-order valence-electron chi connectivity index (χ2n) is 7.59. The van der Waals surface area contributed by atoms with Gasteiger partial charge in [0.1, 0.15) is 5.76 Å². The summed E-state index contributed by atoms with van der Waals surface area (Å²) in [6.45, 7) is 2.28. The molecule has 1 heterocycles. The first kappa shape index (κ1) is 18.4. The number of unbranched alkanes of at least 4 members (excludes halogenated alkanes) is 2. The number of halogens is 1. The van der Waals surface area contributed by atoms with E-state index in [0.29, 0.717) is 5.92 Å². The molecule has 1 aliphatic carbocycles. The predicted octanol–water partition coefficient (Wildman–Crippen LogP) is 6.49. The van der Waals surface area contributed by atoms with Gasteiger partial charge in [-0.15, -0.1) is 0 Å². The number of allylic oxidation sites excluding steroid dienone is 1. The standard InChI is InChI=1S/C22H30ClNO/c1-2-3-4-5-17-6-8-18(9-7-17)19-10-12-20(13-11-19)22(23)15-14-21(25)16-24-22/h10-18,24-25H,2-9H2,1H3. The van der Waals surface area contributed by atoms with Crippen molar-refractivity contribution in [1.29, 1.82) is 0 Å². The monoisotopic (exact) mass is 359 g/mol. The smallest absolute Gasteiger partial charge is 0.157 e. The SMILES string of the molecule is CCCCCC1CCC(c2ccc(C3(Cl)C=CC(O)=CN3)cc2)CC1. The van der Waals surface area contributed by atoms with Crippen molar-refractivity contribution in [3.63, 3.8) is 0 Å². The van der Waals surface area contributed by atoms with Gasteiger partial charge in [-0.25, -0.2) is 0 Å². The fourth-order valence-corrected chi connectivity index (χ4v) is 4.36. The zero-order valence-electron chi connectivity index (χ0n) is 15.2. The molecule has 1 aromatic carbocycles. The molecule has 0 radical (unpaired) electrons. The highest BCUT2D eigenvalue weighted by molar-refractivity contribution is 6.25. The van der Waals surface area contributed by atoms with E-state index in [-0.39, 0.29) is 5.76 Å². The summed E-state index contributed by atoms with van der Waals surface area (Å²) >= 11 is 6.63. The molecule has 136 valence electrons. The second kappa shape index (κ2) is 8.31. The van der Waals surface area contributed by atoms with Crippen molar-refractivity contribution in [3.8, 4) is 0 Å². The van der Waals surface area contributed by atoms with Crippen LogP contribution < -0.4 is 5.32 Å². The Labute approximate surface area is 157 Å². The Hall–Kier alpha value is -1.41. The molecule has 1 aromatic rings. The van der Waals surface area contributed by atoms with E-state index in [9.17, 15) is 5.11 Å². The van der Waals surface area contributed by atoms with Crippen molar-refractivity contribution in [1.82, 2.24) is 5.32 Å². The van der Waals surface area contributed by atoms with Gasteiger partial charge < -0.3 is 10.4 Å². The summed E-state index contributed by atoms with van der Waals surface area (Å²) in [5, 5.41) is 12.5. The van der Waals surface area contributed by atoms with Crippen molar-refractivity contribution < 1.29 is 5.11 Å². The fraction of sp³-hybridized carbons (Fsp3) is 0.545. The molecule has 0 spiro atoms. The molecule has 1 fully saturated rings. The van der Waals surface area contributed by atoms with Crippen LogP contribution in [-0.2, 0) is 5.00 Å². The van der Waals surface area contributed by atoms with Crippen LogP contribution in [0, 0.1) is 5.92 Å². The third kappa shape index (κ3) is 4.61. The minimum Gasteiger partial charge on any atom is -0.506 e. The lowest BCUT2D eigenvalue weighted by Crippen LogP contribution is -2.33. The summed E-state index contributed by atoms with van der Waals surface area (Å²) in [4.78, 5) is -0.762. The summed E-state index contributed by atoms with van der Waals surface area (Å²) in [6, 6.07) is 8.69. The van der Waals surface area contributed by atoms with Gasteiger partial charge in [0.15, 0.2) is 5.00 Å². The van der Waals surface area contributed by atoms with Crippen molar-refractivity contribution in [3.05, 3.63) is 59.5 Å². The lowest BCUT2D eigenvalue weighted by molar-refractivity contribution is 0.303. The molecule has 1 unspecified atom stereocenters. The molecule has 2 aliphatic rings. The molecule has 3 heteroatoms. The molecule has 3 rings (SSSR count). The Morgan fingerprint density at radius 2 is 1.84 bits per heavy atom. The Balaban J connectivity index is 1.56. The molecule has 2 N–H and O–H groups in total. The number of hydrogen-bond donors (Lipinski definition) is 2. The first-order valence-corrected chi connectivity index (χ1v) is 10.1. The summed E-state index contributed by atoms with van der Waals surface area (Å²) in [5.41, 5.74) is 2.44. The number of aliphatic hydroxyl groups excluding tert-OH is 1. The molecule has 1 aliphatic heterocycles. The highest BCUT2D eigenvalue weighted by Crippen LogP contribution is 2.39. The van der Waals surface area contributed by atoms with Crippen LogP contribution in [0.4, 0.5) is 0 Å². The molecule has 25 heavy (non-hydrogen) atoms. The predicted molar refractivity (Wildman–Crippen MR) is 106 cm³/mol. The number of benzene rings is 1. The molecule has 0 amide bonds. The van der Waals surface area contributed by atoms with Gasteiger partial charge in [0.05, 0.1) is 0 Å². The highest BCUT2D eigenvalue weighted by Gasteiger charge is 2.28. The van der Waals surface area contributed by atoms with Crippen molar-refractivity contribution in [2.75, 3.05) is 0 Å². The van der Waals surface area contributed by atoms with Gasteiger partial charge in [-0.2, -0.15) is 0 Å². The molecule has 0 aromatic heterocycles. The average molecular weight is 360 g/mol. The van der Waals surface area contributed by atoms with E-state index in [1.54, 1.807) is 18.4 Å². The third-order valence-electron chi connectivity index (χ3n) is 5.78. The molecule has 0 bridgehead atoms. The zero-order chi connectivity index (χ0) is 17.7. The number of nitrogens with one attached hydrogen (secondary N) is 1. The summed E-state index contributed by atoms with van der Waals surface area (Å²) in [5.74, 6) is 1.84. The van der Waals surface area contributed by atoms with Gasteiger partial charge >= 0.3 is 0 Å². The molecular formula is C22H30ClNO. The van der Waals surface area contributed by atoms with Gasteiger partial charge in [0, 0.05) is 6.20 Å². The Morgan fingerprint density at radius 1 is 1.12 bits per heavy atom. The van der Waals surface area contributed by atoms with E-state index in [1.807, 2.05) is 0 Å². The quantitative estimate of drug-likeness (QED) is 0.345. The van der Waals surface area contributed by atoms with Crippen LogP contribution in [0.2, 0.25) is 0 Å². The zero-order valence-corrected chi connectivity index (χ0v) is 15.9. The van der Waals surface area contributed by atoms with Crippen LogP contribution in [0.3, 0.4) is 0 Å². The minimum atomic E-state index is -0.762. The average Bonchev–Trinajstić information content (AvgIpc) is 2.65. The third-order valence-corrected chi connectivity index (χ3v) is 6.23. The summed E-state index contributed by atoms with van der Waals surface area (Å²) in [7, 11) is 0. The highest BCUT2D eigenvalue weighted by atomic mass is 35.5. The van der Waals surface area contributed by atoms with Crippen molar-refractivity contribution in [2.24, 2.45) is 5.92 Å². The van der Waals surface area contributed by atoms with Crippen molar-refractivity contribution >= 4 is 11.6 Å². The summed E-state index contributed by atoms with van der Waals surface area (Å²) < 4.78 is 0. The number of alkyl halides is 1. The molecule has 1 atom stereocenters.